The number of thiophene rings is 1. The van der Waals surface area contributed by atoms with Crippen molar-refractivity contribution < 1.29 is 15.0 Å². The summed E-state index contributed by atoms with van der Waals surface area (Å²) in [6, 6.07) is 3.60. The summed E-state index contributed by atoms with van der Waals surface area (Å²) in [6.07, 6.45) is 0.434. The molecule has 1 heterocycles. The van der Waals surface area contributed by atoms with Crippen LogP contribution in [0.5, 0.6) is 0 Å². The van der Waals surface area contributed by atoms with Gasteiger partial charge in [-0.1, -0.05) is 11.8 Å². The summed E-state index contributed by atoms with van der Waals surface area (Å²) < 4.78 is 0. The molecule has 1 rings (SSSR count). The average molecular weight is 281 g/mol. The van der Waals surface area contributed by atoms with Gasteiger partial charge in [0.1, 0.15) is 0 Å². The van der Waals surface area contributed by atoms with Gasteiger partial charge in [-0.3, -0.25) is 4.79 Å². The largest absolute Gasteiger partial charge is 0.395 e. The Morgan fingerprint density at radius 2 is 2.11 bits per heavy atom. The maximum atomic E-state index is 12.3. The molecule has 0 saturated heterocycles. The molecule has 104 valence electrons. The van der Waals surface area contributed by atoms with E-state index in [0.29, 0.717) is 17.8 Å². The second kappa shape index (κ2) is 7.95. The van der Waals surface area contributed by atoms with Crippen molar-refractivity contribution in [3.63, 3.8) is 0 Å². The van der Waals surface area contributed by atoms with Crippen molar-refractivity contribution in [3.05, 3.63) is 21.9 Å². The van der Waals surface area contributed by atoms with Crippen LogP contribution in [0.1, 0.15) is 34.8 Å². The maximum Gasteiger partial charge on any atom is 0.264 e. The molecule has 0 aromatic carbocycles. The van der Waals surface area contributed by atoms with Crippen molar-refractivity contribution in [2.75, 3.05) is 19.8 Å². The number of rotatable bonds is 5. The lowest BCUT2D eigenvalue weighted by molar-refractivity contribution is 0.0670. The minimum absolute atomic E-state index is 0.0432. The minimum Gasteiger partial charge on any atom is -0.395 e. The monoisotopic (exact) mass is 281 g/mol. The fourth-order valence-electron chi connectivity index (χ4n) is 1.57. The summed E-state index contributed by atoms with van der Waals surface area (Å²) in [6.45, 7) is 4.17. The lowest BCUT2D eigenvalue weighted by Gasteiger charge is -2.25. The molecule has 5 heteroatoms. The summed E-state index contributed by atoms with van der Waals surface area (Å²) in [5.74, 6) is 5.66. The maximum absolute atomic E-state index is 12.3. The summed E-state index contributed by atoms with van der Waals surface area (Å²) in [5.41, 5.74) is 0. The number of amides is 1. The standard InChI is InChI=1S/C14H19NO3S/c1-11(2)15(8-10-17)14(18)13-7-6-12(19-13)5-3-4-9-16/h6-7,11,16-17H,4,8-10H2,1-2H3. The molecule has 0 fully saturated rings. The lowest BCUT2D eigenvalue weighted by atomic mass is 10.3. The van der Waals surface area contributed by atoms with Gasteiger partial charge in [-0.25, -0.2) is 0 Å². The highest BCUT2D eigenvalue weighted by Gasteiger charge is 2.19. The first-order valence-corrected chi connectivity index (χ1v) is 7.03. The van der Waals surface area contributed by atoms with Gasteiger partial charge in [-0.2, -0.15) is 0 Å². The van der Waals surface area contributed by atoms with E-state index in [-0.39, 0.29) is 25.2 Å². The Kier molecular flexibility index (Phi) is 6.57. The van der Waals surface area contributed by atoms with Crippen LogP contribution in [-0.2, 0) is 0 Å². The number of aliphatic hydroxyl groups excluding tert-OH is 2. The van der Waals surface area contributed by atoms with Crippen molar-refractivity contribution in [1.82, 2.24) is 4.90 Å². The Bertz CT molecular complexity index is 471. The first-order valence-electron chi connectivity index (χ1n) is 6.21. The van der Waals surface area contributed by atoms with E-state index in [1.807, 2.05) is 13.8 Å². The fraction of sp³-hybridized carbons (Fsp3) is 0.500. The van der Waals surface area contributed by atoms with Gasteiger partial charge in [0.25, 0.3) is 5.91 Å². The van der Waals surface area contributed by atoms with Gasteiger partial charge in [-0.05, 0) is 26.0 Å². The molecule has 2 N–H and O–H groups in total. The van der Waals surface area contributed by atoms with Crippen LogP contribution in [0.25, 0.3) is 0 Å². The molecule has 0 bridgehead atoms. The Morgan fingerprint density at radius 3 is 2.68 bits per heavy atom. The van der Waals surface area contributed by atoms with E-state index in [9.17, 15) is 4.79 Å². The molecule has 0 atom stereocenters. The van der Waals surface area contributed by atoms with E-state index in [0.717, 1.165) is 4.88 Å². The van der Waals surface area contributed by atoms with E-state index >= 15 is 0 Å². The Hall–Kier alpha value is -1.35. The SMILES string of the molecule is CC(C)N(CCO)C(=O)c1ccc(C#CCCO)s1. The third-order valence-corrected chi connectivity index (χ3v) is 3.48. The quantitative estimate of drug-likeness (QED) is 0.800. The van der Waals surface area contributed by atoms with Crippen molar-refractivity contribution >= 4 is 17.2 Å². The van der Waals surface area contributed by atoms with Crippen LogP contribution in [-0.4, -0.2) is 46.8 Å². The summed E-state index contributed by atoms with van der Waals surface area (Å²) in [5, 5.41) is 17.6. The highest BCUT2D eigenvalue weighted by Crippen LogP contribution is 2.18. The highest BCUT2D eigenvalue weighted by atomic mass is 32.1. The third kappa shape index (κ3) is 4.67. The number of nitrogens with zero attached hydrogens (tertiary/aromatic N) is 1. The zero-order valence-corrected chi connectivity index (χ0v) is 12.0. The summed E-state index contributed by atoms with van der Waals surface area (Å²) in [4.78, 5) is 15.3. The van der Waals surface area contributed by atoms with Gasteiger partial charge < -0.3 is 15.1 Å². The van der Waals surface area contributed by atoms with E-state index in [1.54, 1.807) is 17.0 Å². The predicted molar refractivity (Wildman–Crippen MR) is 76.2 cm³/mol. The zero-order chi connectivity index (χ0) is 14.3. The van der Waals surface area contributed by atoms with E-state index in [2.05, 4.69) is 11.8 Å². The van der Waals surface area contributed by atoms with Crippen LogP contribution in [0.2, 0.25) is 0 Å². The number of carbonyl (C=O) groups excluding carboxylic acids is 1. The van der Waals surface area contributed by atoms with Crippen molar-refractivity contribution in [2.24, 2.45) is 0 Å². The van der Waals surface area contributed by atoms with E-state index in [1.165, 1.54) is 11.3 Å². The smallest absolute Gasteiger partial charge is 0.264 e. The van der Waals surface area contributed by atoms with Crippen molar-refractivity contribution in [1.29, 1.82) is 0 Å². The van der Waals surface area contributed by atoms with E-state index < -0.39 is 0 Å². The molecule has 1 aromatic heterocycles. The topological polar surface area (TPSA) is 60.8 Å². The molecule has 0 aliphatic heterocycles. The summed E-state index contributed by atoms with van der Waals surface area (Å²) in [7, 11) is 0. The second-order valence-electron chi connectivity index (χ2n) is 4.26. The van der Waals surface area contributed by atoms with Crippen LogP contribution in [0, 0.1) is 11.8 Å². The molecular weight excluding hydrogens is 262 g/mol. The van der Waals surface area contributed by atoms with Crippen LogP contribution in [0.3, 0.4) is 0 Å². The minimum atomic E-state index is -0.0794. The number of hydrogen-bond acceptors (Lipinski definition) is 4. The Balaban J connectivity index is 2.80. The van der Waals surface area contributed by atoms with Gasteiger partial charge in [0, 0.05) is 19.0 Å². The molecule has 4 nitrogen and oxygen atoms in total. The fourth-order valence-corrected chi connectivity index (χ4v) is 2.41. The van der Waals surface area contributed by atoms with Gasteiger partial charge >= 0.3 is 0 Å². The molecule has 0 saturated carbocycles. The summed E-state index contributed by atoms with van der Waals surface area (Å²) >= 11 is 1.33. The highest BCUT2D eigenvalue weighted by molar-refractivity contribution is 7.14. The Morgan fingerprint density at radius 1 is 1.37 bits per heavy atom. The van der Waals surface area contributed by atoms with Gasteiger partial charge in [-0.15, -0.1) is 11.3 Å². The predicted octanol–water partition coefficient (Wildman–Crippen LogP) is 1.32. The first kappa shape index (κ1) is 15.7. The molecule has 0 spiro atoms. The molecule has 0 aliphatic carbocycles. The lowest BCUT2D eigenvalue weighted by Crippen LogP contribution is -2.38. The Labute approximate surface area is 117 Å². The van der Waals surface area contributed by atoms with Crippen LogP contribution in [0.15, 0.2) is 12.1 Å². The molecule has 0 aliphatic rings. The van der Waals surface area contributed by atoms with Crippen LogP contribution >= 0.6 is 11.3 Å². The van der Waals surface area contributed by atoms with E-state index in [4.69, 9.17) is 10.2 Å². The molecule has 1 amide bonds. The number of carbonyl (C=O) groups is 1. The second-order valence-corrected chi connectivity index (χ2v) is 5.34. The van der Waals surface area contributed by atoms with Gasteiger partial charge in [0.2, 0.25) is 0 Å². The van der Waals surface area contributed by atoms with Crippen LogP contribution < -0.4 is 0 Å². The normalized spacial score (nSPS) is 10.2. The van der Waals surface area contributed by atoms with Gasteiger partial charge in [0.15, 0.2) is 0 Å². The first-order chi connectivity index (χ1) is 9.10. The van der Waals surface area contributed by atoms with Gasteiger partial charge in [0.05, 0.1) is 23.0 Å². The zero-order valence-electron chi connectivity index (χ0n) is 11.2. The number of aliphatic hydroxyl groups is 2. The molecule has 19 heavy (non-hydrogen) atoms. The average Bonchev–Trinajstić information content (AvgIpc) is 2.84. The third-order valence-electron chi connectivity index (χ3n) is 2.49. The van der Waals surface area contributed by atoms with Crippen molar-refractivity contribution in [2.45, 2.75) is 26.3 Å². The molecular formula is C14H19NO3S. The number of hydrogen-bond donors (Lipinski definition) is 2. The molecule has 0 unspecified atom stereocenters. The van der Waals surface area contributed by atoms with Crippen molar-refractivity contribution in [3.8, 4) is 11.8 Å². The molecule has 1 aromatic rings. The van der Waals surface area contributed by atoms with Crippen LogP contribution in [0.4, 0.5) is 0 Å². The molecule has 0 radical (unpaired) electrons.